The predicted molar refractivity (Wildman–Crippen MR) is 82.8 cm³/mol. The average Bonchev–Trinajstić information content (AvgIpc) is 2.77. The molecule has 0 saturated carbocycles. The third-order valence-electron chi connectivity index (χ3n) is 4.63. The highest BCUT2D eigenvalue weighted by Crippen LogP contribution is 2.14. The highest BCUT2D eigenvalue weighted by atomic mass is 16.2. The van der Waals surface area contributed by atoms with E-state index in [1.807, 2.05) is 0 Å². The van der Waals surface area contributed by atoms with E-state index < -0.39 is 0 Å². The van der Waals surface area contributed by atoms with Crippen LogP contribution in [0, 0.1) is 0 Å². The van der Waals surface area contributed by atoms with Crippen molar-refractivity contribution < 1.29 is 4.79 Å². The van der Waals surface area contributed by atoms with Crippen LogP contribution in [0.1, 0.15) is 51.9 Å². The van der Waals surface area contributed by atoms with Gasteiger partial charge in [0.2, 0.25) is 5.91 Å². The summed E-state index contributed by atoms with van der Waals surface area (Å²) in [7, 11) is 0. The summed E-state index contributed by atoms with van der Waals surface area (Å²) in [6.45, 7) is 8.06. The summed E-state index contributed by atoms with van der Waals surface area (Å²) in [5, 5.41) is 3.41. The molecule has 0 aromatic carbocycles. The number of hydrogen-bond donors (Lipinski definition) is 1. The fourth-order valence-electron chi connectivity index (χ4n) is 3.44. The van der Waals surface area contributed by atoms with Crippen molar-refractivity contribution in [1.82, 2.24) is 15.1 Å². The van der Waals surface area contributed by atoms with Gasteiger partial charge >= 0.3 is 0 Å². The lowest BCUT2D eigenvalue weighted by Gasteiger charge is -2.35. The van der Waals surface area contributed by atoms with Gasteiger partial charge in [0.15, 0.2) is 0 Å². The molecule has 0 aromatic rings. The van der Waals surface area contributed by atoms with E-state index in [1.165, 1.54) is 38.5 Å². The van der Waals surface area contributed by atoms with E-state index >= 15 is 0 Å². The molecule has 0 unspecified atom stereocenters. The van der Waals surface area contributed by atoms with Crippen LogP contribution in [0.3, 0.4) is 0 Å². The van der Waals surface area contributed by atoms with Gasteiger partial charge in [-0.2, -0.15) is 0 Å². The molecule has 2 saturated heterocycles. The molecule has 1 amide bonds. The van der Waals surface area contributed by atoms with Crippen LogP contribution in [0.15, 0.2) is 0 Å². The Labute approximate surface area is 123 Å². The van der Waals surface area contributed by atoms with E-state index in [4.69, 9.17) is 0 Å². The standard InChI is InChI=1S/C16H31N3O/c1-2-11-19(15-7-9-17-10-8-15)14-16(20)18-12-5-3-4-6-13-18/h15,17H,2-14H2,1H3. The Morgan fingerprint density at radius 1 is 1.15 bits per heavy atom. The SMILES string of the molecule is CCCN(CC(=O)N1CCCCCC1)C1CCNCC1. The third kappa shape index (κ3) is 4.74. The molecule has 0 atom stereocenters. The molecular weight excluding hydrogens is 250 g/mol. The molecule has 1 N–H and O–H groups in total. The largest absolute Gasteiger partial charge is 0.342 e. The van der Waals surface area contributed by atoms with Gasteiger partial charge in [0.1, 0.15) is 0 Å². The molecule has 2 fully saturated rings. The number of carbonyl (C=O) groups excluding carboxylic acids is 1. The number of nitrogens with zero attached hydrogens (tertiary/aromatic N) is 2. The van der Waals surface area contributed by atoms with Crippen LogP contribution in [0.4, 0.5) is 0 Å². The molecule has 2 heterocycles. The minimum Gasteiger partial charge on any atom is -0.342 e. The van der Waals surface area contributed by atoms with Crippen LogP contribution in [0.5, 0.6) is 0 Å². The second-order valence-corrected chi connectivity index (χ2v) is 6.25. The van der Waals surface area contributed by atoms with E-state index in [-0.39, 0.29) is 0 Å². The van der Waals surface area contributed by atoms with Crippen molar-refractivity contribution in [3.63, 3.8) is 0 Å². The number of carbonyl (C=O) groups is 1. The molecule has 116 valence electrons. The first-order chi connectivity index (χ1) is 9.81. The first kappa shape index (κ1) is 15.8. The fourth-order valence-corrected chi connectivity index (χ4v) is 3.44. The van der Waals surface area contributed by atoms with Crippen LogP contribution >= 0.6 is 0 Å². The maximum absolute atomic E-state index is 12.5. The van der Waals surface area contributed by atoms with Gasteiger partial charge in [-0.1, -0.05) is 19.8 Å². The van der Waals surface area contributed by atoms with Crippen molar-refractivity contribution in [3.05, 3.63) is 0 Å². The topological polar surface area (TPSA) is 35.6 Å². The first-order valence-corrected chi connectivity index (χ1v) is 8.54. The Morgan fingerprint density at radius 3 is 2.40 bits per heavy atom. The van der Waals surface area contributed by atoms with Crippen LogP contribution in [-0.2, 0) is 4.79 Å². The van der Waals surface area contributed by atoms with E-state index in [0.717, 1.165) is 39.1 Å². The molecule has 2 aliphatic heterocycles. The Hall–Kier alpha value is -0.610. The van der Waals surface area contributed by atoms with E-state index in [0.29, 0.717) is 18.5 Å². The van der Waals surface area contributed by atoms with Crippen molar-refractivity contribution in [1.29, 1.82) is 0 Å². The maximum Gasteiger partial charge on any atom is 0.236 e. The van der Waals surface area contributed by atoms with Gasteiger partial charge in [-0.25, -0.2) is 0 Å². The summed E-state index contributed by atoms with van der Waals surface area (Å²) in [5.74, 6) is 0.360. The zero-order chi connectivity index (χ0) is 14.2. The van der Waals surface area contributed by atoms with Crippen molar-refractivity contribution >= 4 is 5.91 Å². The zero-order valence-electron chi connectivity index (χ0n) is 13.1. The second kappa shape index (κ2) is 8.63. The number of piperidine rings is 1. The van der Waals surface area contributed by atoms with Crippen LogP contribution in [0.25, 0.3) is 0 Å². The highest BCUT2D eigenvalue weighted by Gasteiger charge is 2.24. The average molecular weight is 281 g/mol. The summed E-state index contributed by atoms with van der Waals surface area (Å²) in [6.07, 6.45) is 8.46. The summed E-state index contributed by atoms with van der Waals surface area (Å²) >= 11 is 0. The van der Waals surface area contributed by atoms with Gasteiger partial charge in [0.05, 0.1) is 6.54 Å². The molecular formula is C16H31N3O. The predicted octanol–water partition coefficient (Wildman–Crippen LogP) is 1.85. The number of rotatable bonds is 5. The van der Waals surface area contributed by atoms with E-state index in [1.54, 1.807) is 0 Å². The van der Waals surface area contributed by atoms with Gasteiger partial charge in [0.25, 0.3) is 0 Å². The second-order valence-electron chi connectivity index (χ2n) is 6.25. The van der Waals surface area contributed by atoms with Gasteiger partial charge < -0.3 is 10.2 Å². The first-order valence-electron chi connectivity index (χ1n) is 8.54. The monoisotopic (exact) mass is 281 g/mol. The summed E-state index contributed by atoms with van der Waals surface area (Å²) < 4.78 is 0. The third-order valence-corrected chi connectivity index (χ3v) is 4.63. The zero-order valence-corrected chi connectivity index (χ0v) is 13.1. The highest BCUT2D eigenvalue weighted by molar-refractivity contribution is 5.78. The summed E-state index contributed by atoms with van der Waals surface area (Å²) in [5.41, 5.74) is 0. The molecule has 0 bridgehead atoms. The lowest BCUT2D eigenvalue weighted by Crippen LogP contribution is -2.48. The number of nitrogens with one attached hydrogen (secondary N) is 1. The Kier molecular flexibility index (Phi) is 6.80. The molecule has 0 aromatic heterocycles. The molecule has 4 heteroatoms. The number of likely N-dealkylation sites (tertiary alicyclic amines) is 1. The Balaban J connectivity index is 1.86. The van der Waals surface area contributed by atoms with Crippen molar-refractivity contribution in [2.24, 2.45) is 0 Å². The molecule has 0 spiro atoms. The van der Waals surface area contributed by atoms with Gasteiger partial charge in [0, 0.05) is 19.1 Å². The Bertz CT molecular complexity index is 281. The molecule has 20 heavy (non-hydrogen) atoms. The van der Waals surface area contributed by atoms with Crippen molar-refractivity contribution in [2.45, 2.75) is 57.9 Å². The molecule has 2 rings (SSSR count). The van der Waals surface area contributed by atoms with Crippen LogP contribution in [0.2, 0.25) is 0 Å². The normalized spacial score (nSPS) is 22.0. The quantitative estimate of drug-likeness (QED) is 0.835. The lowest BCUT2D eigenvalue weighted by molar-refractivity contribution is -0.133. The summed E-state index contributed by atoms with van der Waals surface area (Å²) in [6, 6.07) is 0.604. The van der Waals surface area contributed by atoms with Crippen molar-refractivity contribution in [2.75, 3.05) is 39.3 Å². The maximum atomic E-state index is 12.5. The molecule has 0 aliphatic carbocycles. The smallest absolute Gasteiger partial charge is 0.236 e. The minimum atomic E-state index is 0.360. The van der Waals surface area contributed by atoms with Crippen LogP contribution in [-0.4, -0.2) is 61.0 Å². The summed E-state index contributed by atoms with van der Waals surface area (Å²) in [4.78, 5) is 17.1. The Morgan fingerprint density at radius 2 is 1.80 bits per heavy atom. The van der Waals surface area contributed by atoms with E-state index in [9.17, 15) is 4.79 Å². The lowest BCUT2D eigenvalue weighted by atomic mass is 10.0. The van der Waals surface area contributed by atoms with Gasteiger partial charge in [-0.05, 0) is 51.7 Å². The van der Waals surface area contributed by atoms with Gasteiger partial charge in [-0.15, -0.1) is 0 Å². The van der Waals surface area contributed by atoms with E-state index in [2.05, 4.69) is 22.0 Å². The fraction of sp³-hybridized carbons (Fsp3) is 0.938. The van der Waals surface area contributed by atoms with Crippen molar-refractivity contribution in [3.8, 4) is 0 Å². The molecule has 4 nitrogen and oxygen atoms in total. The minimum absolute atomic E-state index is 0.360. The van der Waals surface area contributed by atoms with Crippen LogP contribution < -0.4 is 5.32 Å². The number of hydrogen-bond acceptors (Lipinski definition) is 3. The molecule has 2 aliphatic rings. The molecule has 0 radical (unpaired) electrons. The number of amides is 1. The van der Waals surface area contributed by atoms with Gasteiger partial charge in [-0.3, -0.25) is 9.69 Å².